The van der Waals surface area contributed by atoms with Gasteiger partial charge in [0, 0.05) is 30.5 Å². The minimum atomic E-state index is 0.0706. The van der Waals surface area contributed by atoms with Crippen molar-refractivity contribution in [1.29, 1.82) is 0 Å². The van der Waals surface area contributed by atoms with E-state index in [1.165, 1.54) is 10.5 Å². The fraction of sp³-hybridized carbons (Fsp3) is 0.435. The van der Waals surface area contributed by atoms with Gasteiger partial charge in [0.2, 0.25) is 0 Å². The first-order valence-electron chi connectivity index (χ1n) is 10.2. The molecule has 2 aliphatic heterocycles. The number of carbonyl (C=O) groups is 1. The molecule has 1 fully saturated rings. The van der Waals surface area contributed by atoms with Crippen LogP contribution in [0.15, 0.2) is 36.4 Å². The molecule has 4 rings (SSSR count). The largest absolute Gasteiger partial charge is 0.490 e. The Kier molecular flexibility index (Phi) is 5.53. The van der Waals surface area contributed by atoms with Crippen molar-refractivity contribution in [1.82, 2.24) is 0 Å². The molecule has 148 valence electrons. The first kappa shape index (κ1) is 18.8. The second kappa shape index (κ2) is 8.23. The summed E-state index contributed by atoms with van der Waals surface area (Å²) in [5.74, 6) is 1.73. The average Bonchev–Trinajstić information content (AvgIpc) is 2.96. The lowest BCUT2D eigenvalue weighted by Crippen LogP contribution is -3.11. The van der Waals surface area contributed by atoms with E-state index in [0.717, 1.165) is 54.1 Å². The van der Waals surface area contributed by atoms with Crippen LogP contribution in [0.4, 0.5) is 5.69 Å². The highest BCUT2D eigenvalue weighted by molar-refractivity contribution is 5.91. The summed E-state index contributed by atoms with van der Waals surface area (Å²) < 4.78 is 11.6. The standard InChI is InChI=1S/C23H28N2O3/c1-16-11-17(2)13-19(12-16)24-23(26)15-25-8-3-5-20(25)18-6-7-21-22(14-18)28-10-4-9-27-21/h6-7,11-14,20H,3-5,8-10,15H2,1-2H3,(H,24,26)/p+1/t20-/m0/s1. The van der Waals surface area contributed by atoms with Gasteiger partial charge in [0.15, 0.2) is 18.0 Å². The molecular weight excluding hydrogens is 352 g/mol. The Morgan fingerprint density at radius 2 is 1.79 bits per heavy atom. The number of carbonyl (C=O) groups excluding carboxylic acids is 1. The monoisotopic (exact) mass is 381 g/mol. The fourth-order valence-corrected chi connectivity index (χ4v) is 4.38. The lowest BCUT2D eigenvalue weighted by Gasteiger charge is -2.22. The summed E-state index contributed by atoms with van der Waals surface area (Å²) in [7, 11) is 0. The normalized spacial score (nSPS) is 21.2. The van der Waals surface area contributed by atoms with Gasteiger partial charge in [-0.15, -0.1) is 0 Å². The second-order valence-corrected chi connectivity index (χ2v) is 7.96. The van der Waals surface area contributed by atoms with Gasteiger partial charge < -0.3 is 19.7 Å². The molecule has 2 aromatic carbocycles. The summed E-state index contributed by atoms with van der Waals surface area (Å²) in [5.41, 5.74) is 4.44. The molecule has 0 bridgehead atoms. The second-order valence-electron chi connectivity index (χ2n) is 7.96. The van der Waals surface area contributed by atoms with Crippen molar-refractivity contribution in [2.75, 3.05) is 31.6 Å². The molecule has 2 aromatic rings. The van der Waals surface area contributed by atoms with E-state index >= 15 is 0 Å². The molecule has 2 heterocycles. The van der Waals surface area contributed by atoms with Crippen molar-refractivity contribution in [3.05, 3.63) is 53.1 Å². The van der Waals surface area contributed by atoms with E-state index in [2.05, 4.69) is 37.4 Å². The molecular formula is C23H29N2O3+. The number of hydrogen-bond donors (Lipinski definition) is 2. The van der Waals surface area contributed by atoms with Crippen molar-refractivity contribution < 1.29 is 19.2 Å². The molecule has 0 aromatic heterocycles. The van der Waals surface area contributed by atoms with Gasteiger partial charge >= 0.3 is 0 Å². The number of nitrogens with one attached hydrogen (secondary N) is 2. The van der Waals surface area contributed by atoms with Crippen LogP contribution < -0.4 is 19.7 Å². The average molecular weight is 381 g/mol. The van der Waals surface area contributed by atoms with Gasteiger partial charge in [-0.05, 0) is 55.3 Å². The van der Waals surface area contributed by atoms with Gasteiger partial charge in [-0.3, -0.25) is 4.79 Å². The maximum Gasteiger partial charge on any atom is 0.279 e. The van der Waals surface area contributed by atoms with Crippen LogP contribution in [-0.2, 0) is 4.79 Å². The maximum atomic E-state index is 12.7. The molecule has 5 nitrogen and oxygen atoms in total. The molecule has 28 heavy (non-hydrogen) atoms. The zero-order valence-corrected chi connectivity index (χ0v) is 16.7. The number of ether oxygens (including phenoxy) is 2. The summed E-state index contributed by atoms with van der Waals surface area (Å²) >= 11 is 0. The van der Waals surface area contributed by atoms with Crippen molar-refractivity contribution in [3.63, 3.8) is 0 Å². The smallest absolute Gasteiger partial charge is 0.279 e. The Labute approximate surface area is 166 Å². The number of aryl methyl sites for hydroxylation is 2. The molecule has 1 unspecified atom stereocenters. The van der Waals surface area contributed by atoms with E-state index in [-0.39, 0.29) is 5.91 Å². The molecule has 1 saturated heterocycles. The van der Waals surface area contributed by atoms with Gasteiger partial charge in [0.1, 0.15) is 6.04 Å². The predicted octanol–water partition coefficient (Wildman–Crippen LogP) is 2.82. The van der Waals surface area contributed by atoms with Crippen molar-refractivity contribution in [2.24, 2.45) is 0 Å². The van der Waals surface area contributed by atoms with Crippen LogP contribution in [0.1, 0.15) is 42.0 Å². The Hall–Kier alpha value is -2.53. The molecule has 0 radical (unpaired) electrons. The quantitative estimate of drug-likeness (QED) is 0.856. The van der Waals surface area contributed by atoms with Crippen LogP contribution in [0, 0.1) is 13.8 Å². The van der Waals surface area contributed by atoms with Crippen LogP contribution in [-0.4, -0.2) is 32.2 Å². The Bertz CT molecular complexity index is 845. The minimum absolute atomic E-state index is 0.0706. The third-order valence-corrected chi connectivity index (χ3v) is 5.55. The first-order valence-corrected chi connectivity index (χ1v) is 10.2. The van der Waals surface area contributed by atoms with E-state index in [9.17, 15) is 4.79 Å². The fourth-order valence-electron chi connectivity index (χ4n) is 4.38. The highest BCUT2D eigenvalue weighted by atomic mass is 16.5. The number of fused-ring (bicyclic) bond motifs is 1. The van der Waals surface area contributed by atoms with Gasteiger partial charge in [-0.25, -0.2) is 0 Å². The van der Waals surface area contributed by atoms with E-state index in [1.807, 2.05) is 18.2 Å². The number of likely N-dealkylation sites (tertiary alicyclic amines) is 1. The number of rotatable bonds is 4. The molecule has 2 aliphatic rings. The summed E-state index contributed by atoms with van der Waals surface area (Å²) in [6.07, 6.45) is 3.13. The van der Waals surface area contributed by atoms with Crippen molar-refractivity contribution in [2.45, 2.75) is 39.2 Å². The number of amides is 1. The molecule has 0 aliphatic carbocycles. The van der Waals surface area contributed by atoms with Crippen LogP contribution in [0.25, 0.3) is 0 Å². The molecule has 2 atom stereocenters. The van der Waals surface area contributed by atoms with Crippen LogP contribution in [0.2, 0.25) is 0 Å². The predicted molar refractivity (Wildman–Crippen MR) is 109 cm³/mol. The minimum Gasteiger partial charge on any atom is -0.490 e. The zero-order valence-electron chi connectivity index (χ0n) is 16.7. The van der Waals surface area contributed by atoms with Gasteiger partial charge in [0.05, 0.1) is 19.8 Å². The SMILES string of the molecule is Cc1cc(C)cc(NC(=O)C[NH+]2CCC[C@H]2c2ccc3c(c2)OCCCO3)c1. The van der Waals surface area contributed by atoms with Gasteiger partial charge in [-0.1, -0.05) is 6.07 Å². The number of quaternary nitrogens is 1. The molecule has 0 spiro atoms. The Morgan fingerprint density at radius 3 is 2.57 bits per heavy atom. The van der Waals surface area contributed by atoms with Crippen molar-refractivity contribution in [3.8, 4) is 11.5 Å². The maximum absolute atomic E-state index is 12.7. The number of hydrogen-bond acceptors (Lipinski definition) is 3. The summed E-state index contributed by atoms with van der Waals surface area (Å²) in [6.45, 7) is 6.98. The Balaban J connectivity index is 1.45. The van der Waals surface area contributed by atoms with Crippen LogP contribution in [0.5, 0.6) is 11.5 Å². The van der Waals surface area contributed by atoms with E-state index in [1.54, 1.807) is 0 Å². The Morgan fingerprint density at radius 1 is 1.04 bits per heavy atom. The third kappa shape index (κ3) is 4.30. The molecule has 5 heteroatoms. The number of anilines is 1. The summed E-state index contributed by atoms with van der Waals surface area (Å²) in [6, 6.07) is 12.7. The third-order valence-electron chi connectivity index (χ3n) is 5.55. The first-order chi connectivity index (χ1) is 13.6. The highest BCUT2D eigenvalue weighted by Gasteiger charge is 2.32. The lowest BCUT2D eigenvalue weighted by molar-refractivity contribution is -0.910. The zero-order chi connectivity index (χ0) is 19.5. The summed E-state index contributed by atoms with van der Waals surface area (Å²) in [5, 5.41) is 3.08. The lowest BCUT2D eigenvalue weighted by atomic mass is 10.0. The van der Waals surface area contributed by atoms with Crippen LogP contribution in [0.3, 0.4) is 0 Å². The van der Waals surface area contributed by atoms with E-state index in [4.69, 9.17) is 9.47 Å². The number of benzene rings is 2. The topological polar surface area (TPSA) is 52.0 Å². The van der Waals surface area contributed by atoms with Gasteiger partial charge in [0.25, 0.3) is 5.91 Å². The van der Waals surface area contributed by atoms with Gasteiger partial charge in [-0.2, -0.15) is 0 Å². The van der Waals surface area contributed by atoms with E-state index < -0.39 is 0 Å². The van der Waals surface area contributed by atoms with Crippen molar-refractivity contribution >= 4 is 11.6 Å². The van der Waals surface area contributed by atoms with E-state index in [0.29, 0.717) is 25.8 Å². The van der Waals surface area contributed by atoms with Crippen LogP contribution >= 0.6 is 0 Å². The molecule has 2 N–H and O–H groups in total. The molecule has 0 saturated carbocycles. The highest BCUT2D eigenvalue weighted by Crippen LogP contribution is 2.33. The summed E-state index contributed by atoms with van der Waals surface area (Å²) in [4.78, 5) is 14.0. The molecule has 1 amide bonds.